The van der Waals surface area contributed by atoms with Crippen molar-refractivity contribution in [1.29, 1.82) is 0 Å². The van der Waals surface area contributed by atoms with E-state index in [1.165, 1.54) is 30.9 Å². The van der Waals surface area contributed by atoms with Gasteiger partial charge in [-0.05, 0) is 127 Å². The number of alkyl halides is 2. The molecule has 0 saturated carbocycles. The zero-order chi connectivity index (χ0) is 87.5. The molecule has 6 aliphatic heterocycles. The van der Waals surface area contributed by atoms with Crippen LogP contribution in [-0.2, 0) is 0 Å². The summed E-state index contributed by atoms with van der Waals surface area (Å²) in [6.45, 7) is 22.7. The van der Waals surface area contributed by atoms with Crippen LogP contribution in [0.15, 0.2) is 122 Å². The maximum absolute atomic E-state index is 15.5. The Hall–Kier alpha value is -13.0. The summed E-state index contributed by atoms with van der Waals surface area (Å²) in [7, 11) is 6.12. The van der Waals surface area contributed by atoms with Crippen LogP contribution >= 0.6 is 0 Å². The number of carbonyl (C=O) groups is 3. The number of hydrogen-bond acceptors (Lipinski definition) is 24. The topological polar surface area (TPSA) is 297 Å². The fourth-order valence-electron chi connectivity index (χ4n) is 15.8. The monoisotopic (exact) mass is 1720 g/mol. The van der Waals surface area contributed by atoms with Crippen molar-refractivity contribution in [1.82, 2.24) is 89.5 Å². The van der Waals surface area contributed by atoms with Crippen molar-refractivity contribution in [3.8, 4) is 34.9 Å². The first-order chi connectivity index (χ1) is 60.2. The number of hydrogen-bond donors (Lipinski definition) is 7. The molecule has 0 bridgehead atoms. The highest BCUT2D eigenvalue weighted by atomic mass is 19.3. The second-order valence-electron chi connectivity index (χ2n) is 31.8. The Kier molecular flexibility index (Phi) is 25.2. The zero-order valence-corrected chi connectivity index (χ0v) is 69.9. The molecule has 18 rings (SSSR count). The summed E-state index contributed by atoms with van der Waals surface area (Å²) in [4.78, 5) is 99.4. The van der Waals surface area contributed by atoms with Gasteiger partial charge in [0.1, 0.15) is 41.5 Å². The normalized spacial score (nSPS) is 16.6. The number of likely N-dealkylation sites (tertiary alicyclic amines) is 1. The smallest absolute Gasteiger partial charge is 0.282 e. The molecule has 0 radical (unpaired) electrons. The third kappa shape index (κ3) is 19.1. The van der Waals surface area contributed by atoms with Crippen molar-refractivity contribution >= 4 is 102 Å². The average molecular weight is 1720 g/mol. The standard InChI is InChI=1S/C31H36F2N8O2.C30H34F2N8O2.C26H24F4N8O2/c1-4-39-11-15-40(16-12-39)22-7-5-21(6-8-22)37-29-26(31(42)41-13-9-38(3)10-14-41)30(35-19-34-29)43-25-18-24(32)28-23(27(25)33)17-20(2)36-28;1-19-16-22-26(32)24(17-23(31)27(22)35-19)42-29-25(30(41)40-14-10-38(3)11-15-40)28(33-18-34-29)36-20-4-6-21(7-5-20)39-12-8-37(2)9-13-39;1-14-8-16-21(28)18(9-17(27)22(16)35-14)40-24-20(25(39)38-11-26(29,30)12-38)23(33-13-34-24)36-19-3-2-15(10-32-19)37-6-4-31-5-7-37/h5-8,17-19,36H,4,9-16H2,1-3H3,(H,34,35,37);4-7,16-18,35H,8-15H2,1-3H3,(H,33,34,36);2-3,8-10,13,31,35H,4-7,11-12H2,1H3,(H,32,33,34,36). The van der Waals surface area contributed by atoms with Crippen molar-refractivity contribution in [2.45, 2.75) is 33.6 Å². The van der Waals surface area contributed by atoms with Crippen molar-refractivity contribution in [3.63, 3.8) is 0 Å². The number of H-pyrrole nitrogens is 3. The van der Waals surface area contributed by atoms with Crippen LogP contribution in [0, 0.1) is 55.7 Å². The number of ether oxygens (including phenoxy) is 3. The first-order valence-electron chi connectivity index (χ1n) is 41.2. The van der Waals surface area contributed by atoms with Gasteiger partial charge in [-0.2, -0.15) is 0 Å². The minimum absolute atomic E-state index is 0.0400. The average Bonchev–Trinajstić information content (AvgIpc) is 1.77. The SMILES string of the molecule is CCN1CCN(c2ccc(Nc3ncnc(Oc4cc(F)c5[nH]c(C)cc5c4F)c3C(=O)N3CCN(C)CC3)cc2)CC1.Cc1cc2c(F)c(Oc3ncnc(Nc4ccc(N5CCN(C)CC5)cc4)c3C(=O)N3CCN(C)CC3)cc(F)c2[nH]1.Cc1cc2c(F)c(Oc3ncnc(Nc4ccc(N5CCNCC5)cn4)c3C(=O)N3CC(F)(F)C3)cc(F)c2[nH]1. The first kappa shape index (κ1) is 85.5. The van der Waals surface area contributed by atoms with Gasteiger partial charge in [0, 0.05) is 205 Å². The molecule has 30 nitrogen and oxygen atoms in total. The maximum Gasteiger partial charge on any atom is 0.282 e. The number of amides is 3. The highest BCUT2D eigenvalue weighted by Gasteiger charge is 2.48. The third-order valence-electron chi connectivity index (χ3n) is 22.9. The predicted octanol–water partition coefficient (Wildman–Crippen LogP) is 12.8. The minimum Gasteiger partial charge on any atom is -0.435 e. The van der Waals surface area contributed by atoms with Gasteiger partial charge in [-0.1, -0.05) is 6.92 Å². The summed E-state index contributed by atoms with van der Waals surface area (Å²) < 4.78 is 135. The first-order valence-corrected chi connectivity index (χ1v) is 41.2. The van der Waals surface area contributed by atoms with E-state index in [1.807, 2.05) is 68.7 Å². The number of carbonyl (C=O) groups excluding carboxylic acids is 3. The molecule has 0 atom stereocenters. The number of nitrogens with one attached hydrogen (secondary N) is 7. The van der Waals surface area contributed by atoms with E-state index < -0.39 is 71.5 Å². The molecule has 38 heteroatoms. The quantitative estimate of drug-likeness (QED) is 0.0370. The fraction of sp³-hybridized carbons (Fsp3) is 0.356. The van der Waals surface area contributed by atoms with Gasteiger partial charge < -0.3 is 99.4 Å². The molecular weight excluding hydrogens is 1630 g/mol. The van der Waals surface area contributed by atoms with Crippen LogP contribution in [0.25, 0.3) is 32.7 Å². The Morgan fingerprint density at radius 3 is 1.11 bits per heavy atom. The lowest BCUT2D eigenvalue weighted by atomic mass is 10.1. The molecule has 6 fully saturated rings. The van der Waals surface area contributed by atoms with Gasteiger partial charge in [0.25, 0.3) is 23.6 Å². The lowest BCUT2D eigenvalue weighted by molar-refractivity contribution is -0.113. The molecule has 3 amide bonds. The van der Waals surface area contributed by atoms with Crippen molar-refractivity contribution < 1.29 is 63.7 Å². The number of piperazine rings is 5. The molecule has 6 saturated heterocycles. The van der Waals surface area contributed by atoms with Crippen LogP contribution in [0.1, 0.15) is 55.1 Å². The van der Waals surface area contributed by atoms with E-state index in [0.717, 1.165) is 137 Å². The Bertz CT molecular complexity index is 5920. The van der Waals surface area contributed by atoms with E-state index in [4.69, 9.17) is 14.2 Å². The Morgan fingerprint density at radius 2 is 0.752 bits per heavy atom. The number of halogens is 8. The number of aromatic amines is 3. The molecule has 7 N–H and O–H groups in total. The Labute approximate surface area is 713 Å². The van der Waals surface area contributed by atoms with E-state index >= 15 is 13.2 Å². The van der Waals surface area contributed by atoms with Gasteiger partial charge in [-0.3, -0.25) is 14.4 Å². The second kappa shape index (κ2) is 36.8. The van der Waals surface area contributed by atoms with E-state index in [0.29, 0.717) is 80.9 Å². The molecule has 5 aromatic carbocycles. The van der Waals surface area contributed by atoms with E-state index in [-0.39, 0.29) is 102 Å². The van der Waals surface area contributed by atoms with Crippen LogP contribution < -0.4 is 50.2 Å². The summed E-state index contributed by atoms with van der Waals surface area (Å²) in [5, 5.41) is 12.7. The Morgan fingerprint density at radius 1 is 0.408 bits per heavy atom. The number of rotatable bonds is 19. The number of fused-ring (bicyclic) bond motifs is 3. The van der Waals surface area contributed by atoms with Crippen LogP contribution in [0.4, 0.5) is 86.8 Å². The van der Waals surface area contributed by atoms with Gasteiger partial charge in [-0.25, -0.2) is 70.0 Å². The molecule has 0 aliphatic carbocycles. The lowest BCUT2D eigenvalue weighted by Gasteiger charge is -2.38. The van der Waals surface area contributed by atoms with Gasteiger partial charge in [0.15, 0.2) is 69.6 Å². The molecule has 654 valence electrons. The predicted molar refractivity (Wildman–Crippen MR) is 459 cm³/mol. The summed E-state index contributed by atoms with van der Waals surface area (Å²) in [6.07, 6.45) is 5.20. The summed E-state index contributed by atoms with van der Waals surface area (Å²) in [5.74, 6) is -10.5. The second-order valence-corrected chi connectivity index (χ2v) is 31.8. The highest BCUT2D eigenvalue weighted by molar-refractivity contribution is 6.04. The van der Waals surface area contributed by atoms with E-state index in [1.54, 1.807) is 42.8 Å². The number of nitrogens with zero attached hydrogens (tertiary/aromatic N) is 17. The van der Waals surface area contributed by atoms with Crippen molar-refractivity contribution in [3.05, 3.63) is 191 Å². The minimum atomic E-state index is -3.03. The fourth-order valence-corrected chi connectivity index (χ4v) is 15.8. The molecule has 13 heterocycles. The third-order valence-corrected chi connectivity index (χ3v) is 22.9. The molecule has 6 aliphatic rings. The number of pyridine rings is 1. The number of aromatic nitrogens is 10. The van der Waals surface area contributed by atoms with Crippen LogP contribution in [-0.4, -0.2) is 279 Å². The number of anilines is 9. The van der Waals surface area contributed by atoms with Crippen molar-refractivity contribution in [2.24, 2.45) is 0 Å². The van der Waals surface area contributed by atoms with E-state index in [9.17, 15) is 36.3 Å². The summed E-state index contributed by atoms with van der Waals surface area (Å²) in [6, 6.07) is 26.6. The zero-order valence-electron chi connectivity index (χ0n) is 69.9. The number of likely N-dealkylation sites (N-methyl/N-ethyl adjacent to an activating group) is 4. The molecule has 7 aromatic heterocycles. The lowest BCUT2D eigenvalue weighted by Crippen LogP contribution is -2.58. The van der Waals surface area contributed by atoms with Gasteiger partial charge in [-0.15, -0.1) is 0 Å². The van der Waals surface area contributed by atoms with Crippen LogP contribution in [0.5, 0.6) is 34.9 Å². The van der Waals surface area contributed by atoms with Crippen LogP contribution in [0.2, 0.25) is 0 Å². The molecule has 125 heavy (non-hydrogen) atoms. The molecule has 0 spiro atoms. The van der Waals surface area contributed by atoms with Gasteiger partial charge >= 0.3 is 0 Å². The molecule has 0 unspecified atom stereocenters. The van der Waals surface area contributed by atoms with Crippen molar-refractivity contribution in [2.75, 3.05) is 202 Å². The maximum atomic E-state index is 15.5. The Balaban J connectivity index is 0.000000138. The largest absolute Gasteiger partial charge is 0.435 e. The van der Waals surface area contributed by atoms with Gasteiger partial charge in [0.2, 0.25) is 17.6 Å². The van der Waals surface area contributed by atoms with Gasteiger partial charge in [0.05, 0.1) is 41.5 Å². The van der Waals surface area contributed by atoms with E-state index in [2.05, 4.69) is 119 Å². The highest BCUT2D eigenvalue weighted by Crippen LogP contribution is 2.42. The number of benzene rings is 5. The number of aryl methyl sites for hydroxylation is 3. The molecule has 12 aromatic rings. The van der Waals surface area contributed by atoms with Crippen LogP contribution in [0.3, 0.4) is 0 Å². The molecular formula is C87H94F8N24O6. The summed E-state index contributed by atoms with van der Waals surface area (Å²) >= 11 is 0. The summed E-state index contributed by atoms with van der Waals surface area (Å²) in [5.41, 5.74) is 6.17.